The zero-order valence-corrected chi connectivity index (χ0v) is 22.7. The Kier molecular flexibility index (Phi) is 9.20. The zero-order chi connectivity index (χ0) is 26.4. The van der Waals surface area contributed by atoms with E-state index in [4.69, 9.17) is 38.0 Å². The fourth-order valence-electron chi connectivity index (χ4n) is 4.30. The standard InChI is InChI=1S/C26H32ClN5O4S/c1-16(22-15-32(2)11-12-35-22)36-21-14-28-9-7-17(21)13-30-19-8-10-29-25(33)23(19)26(37)31-20-6-4-5-18(27)24(20)34-3/h4-7,9,14,16,22,30H,8,10-13,15H2,1-3H3,(H,29,33)(H,31,37). The number of nitrogens with zero attached hydrogens (tertiary/aromatic N) is 2. The number of nitrogens with one attached hydrogen (secondary N) is 3. The number of para-hydroxylation sites is 1. The molecule has 1 aromatic carbocycles. The summed E-state index contributed by atoms with van der Waals surface area (Å²) >= 11 is 11.9. The Morgan fingerprint density at radius 2 is 2.24 bits per heavy atom. The lowest BCUT2D eigenvalue weighted by molar-refractivity contribution is -0.117. The van der Waals surface area contributed by atoms with Gasteiger partial charge in [-0.1, -0.05) is 29.9 Å². The Bertz CT molecular complexity index is 1180. The molecule has 0 bridgehead atoms. The lowest BCUT2D eigenvalue weighted by Crippen LogP contribution is -2.46. The molecule has 1 saturated heterocycles. The van der Waals surface area contributed by atoms with Crippen molar-refractivity contribution in [2.45, 2.75) is 32.1 Å². The van der Waals surface area contributed by atoms with E-state index in [1.54, 1.807) is 30.6 Å². The first-order valence-electron chi connectivity index (χ1n) is 12.2. The van der Waals surface area contributed by atoms with Crippen molar-refractivity contribution in [3.05, 3.63) is 58.5 Å². The van der Waals surface area contributed by atoms with Gasteiger partial charge in [-0.15, -0.1) is 0 Å². The number of rotatable bonds is 9. The van der Waals surface area contributed by atoms with E-state index in [1.165, 1.54) is 7.11 Å². The number of benzene rings is 1. The molecule has 198 valence electrons. The second kappa shape index (κ2) is 12.6. The van der Waals surface area contributed by atoms with Gasteiger partial charge in [0.05, 0.1) is 36.2 Å². The number of halogens is 1. The van der Waals surface area contributed by atoms with Crippen LogP contribution in [0, 0.1) is 0 Å². The number of hydrogen-bond donors (Lipinski definition) is 3. The fourth-order valence-corrected chi connectivity index (χ4v) is 4.88. The normalized spacial score (nSPS) is 19.1. The molecule has 3 heterocycles. The number of amides is 1. The van der Waals surface area contributed by atoms with E-state index in [0.717, 1.165) is 24.4 Å². The van der Waals surface area contributed by atoms with Crippen LogP contribution in [0.25, 0.3) is 0 Å². The van der Waals surface area contributed by atoms with E-state index in [2.05, 4.69) is 32.9 Å². The minimum absolute atomic E-state index is 0.0250. The van der Waals surface area contributed by atoms with Gasteiger partial charge < -0.3 is 35.1 Å². The van der Waals surface area contributed by atoms with Crippen molar-refractivity contribution < 1.29 is 19.0 Å². The van der Waals surface area contributed by atoms with Crippen molar-refractivity contribution in [1.82, 2.24) is 20.5 Å². The van der Waals surface area contributed by atoms with Crippen LogP contribution in [0.4, 0.5) is 5.69 Å². The number of thiocarbonyl (C=S) groups is 1. The van der Waals surface area contributed by atoms with Crippen molar-refractivity contribution >= 4 is 40.4 Å². The number of ether oxygens (including phenoxy) is 3. The highest BCUT2D eigenvalue weighted by Crippen LogP contribution is 2.33. The first-order valence-corrected chi connectivity index (χ1v) is 12.9. The Morgan fingerprint density at radius 1 is 1.41 bits per heavy atom. The number of methoxy groups -OCH3 is 1. The van der Waals surface area contributed by atoms with Crippen LogP contribution in [0.1, 0.15) is 18.9 Å². The van der Waals surface area contributed by atoms with Gasteiger partial charge in [-0.2, -0.15) is 0 Å². The molecule has 2 atom stereocenters. The molecule has 37 heavy (non-hydrogen) atoms. The minimum Gasteiger partial charge on any atom is -0.493 e. The van der Waals surface area contributed by atoms with Gasteiger partial charge in [0.25, 0.3) is 5.91 Å². The highest BCUT2D eigenvalue weighted by Gasteiger charge is 2.27. The number of hydrogen-bond acceptors (Lipinski definition) is 8. The van der Waals surface area contributed by atoms with Gasteiger partial charge in [-0.25, -0.2) is 0 Å². The molecule has 0 aliphatic carbocycles. The van der Waals surface area contributed by atoms with Crippen LogP contribution < -0.4 is 25.4 Å². The summed E-state index contributed by atoms with van der Waals surface area (Å²) in [6.07, 6.45) is 3.86. The highest BCUT2D eigenvalue weighted by molar-refractivity contribution is 7.81. The molecule has 1 amide bonds. The van der Waals surface area contributed by atoms with Crippen LogP contribution in [0.15, 0.2) is 47.9 Å². The average Bonchev–Trinajstić information content (AvgIpc) is 2.88. The molecule has 3 N–H and O–H groups in total. The summed E-state index contributed by atoms with van der Waals surface area (Å²) in [6, 6.07) is 7.20. The summed E-state index contributed by atoms with van der Waals surface area (Å²) in [5.41, 5.74) is 2.63. The molecule has 4 rings (SSSR count). The zero-order valence-electron chi connectivity index (χ0n) is 21.2. The second-order valence-electron chi connectivity index (χ2n) is 8.97. The summed E-state index contributed by atoms with van der Waals surface area (Å²) in [6.45, 7) is 5.36. The van der Waals surface area contributed by atoms with Crippen molar-refractivity contribution in [1.29, 1.82) is 0 Å². The van der Waals surface area contributed by atoms with Gasteiger partial charge in [0.15, 0.2) is 5.75 Å². The van der Waals surface area contributed by atoms with E-state index in [9.17, 15) is 4.79 Å². The van der Waals surface area contributed by atoms with Crippen LogP contribution in [-0.4, -0.2) is 73.4 Å². The summed E-state index contributed by atoms with van der Waals surface area (Å²) in [4.78, 5) is 19.6. The quantitative estimate of drug-likeness (QED) is 0.411. The predicted octanol–water partition coefficient (Wildman–Crippen LogP) is 3.14. The molecule has 2 aliphatic rings. The van der Waals surface area contributed by atoms with Crippen molar-refractivity contribution in [2.75, 3.05) is 45.7 Å². The van der Waals surface area contributed by atoms with Crippen molar-refractivity contribution in [3.8, 4) is 11.5 Å². The molecule has 2 aromatic rings. The van der Waals surface area contributed by atoms with Crippen LogP contribution in [0.5, 0.6) is 11.5 Å². The summed E-state index contributed by atoms with van der Waals surface area (Å²) in [5.74, 6) is 0.885. The van der Waals surface area contributed by atoms with Crippen LogP contribution in [0.3, 0.4) is 0 Å². The minimum atomic E-state index is -0.245. The molecular formula is C26H32ClN5O4S. The van der Waals surface area contributed by atoms with Crippen molar-refractivity contribution in [3.63, 3.8) is 0 Å². The Balaban J connectivity index is 1.49. The number of likely N-dealkylation sites (N-methyl/N-ethyl adjacent to an activating group) is 1. The number of pyridine rings is 1. The van der Waals surface area contributed by atoms with Gasteiger partial charge in [-0.3, -0.25) is 9.78 Å². The molecule has 0 saturated carbocycles. The number of anilines is 1. The molecule has 1 fully saturated rings. The third-order valence-electron chi connectivity index (χ3n) is 6.33. The maximum Gasteiger partial charge on any atom is 0.256 e. The third-order valence-corrected chi connectivity index (χ3v) is 6.93. The van der Waals surface area contributed by atoms with Gasteiger partial charge in [0.2, 0.25) is 0 Å². The van der Waals surface area contributed by atoms with Gasteiger partial charge in [0.1, 0.15) is 22.9 Å². The Labute approximate surface area is 227 Å². The van der Waals surface area contributed by atoms with Gasteiger partial charge >= 0.3 is 0 Å². The highest BCUT2D eigenvalue weighted by atomic mass is 35.5. The van der Waals surface area contributed by atoms with Gasteiger partial charge in [-0.05, 0) is 32.2 Å². The monoisotopic (exact) mass is 545 g/mol. The van der Waals surface area contributed by atoms with E-state index in [1.807, 2.05) is 13.0 Å². The van der Waals surface area contributed by atoms with Gasteiger partial charge in [0, 0.05) is 50.1 Å². The molecule has 1 aromatic heterocycles. The summed E-state index contributed by atoms with van der Waals surface area (Å²) < 4.78 is 17.6. The van der Waals surface area contributed by atoms with Crippen LogP contribution in [-0.2, 0) is 16.1 Å². The van der Waals surface area contributed by atoms with Crippen LogP contribution in [0.2, 0.25) is 5.02 Å². The molecule has 11 heteroatoms. The third kappa shape index (κ3) is 6.70. The van der Waals surface area contributed by atoms with E-state index in [-0.39, 0.29) is 23.1 Å². The number of morpholine rings is 1. The van der Waals surface area contributed by atoms with E-state index in [0.29, 0.717) is 53.9 Å². The maximum atomic E-state index is 12.8. The van der Waals surface area contributed by atoms with E-state index < -0.39 is 0 Å². The maximum absolute atomic E-state index is 12.8. The predicted molar refractivity (Wildman–Crippen MR) is 147 cm³/mol. The lowest BCUT2D eigenvalue weighted by atomic mass is 10.1. The molecule has 2 aliphatic heterocycles. The summed E-state index contributed by atoms with van der Waals surface area (Å²) in [5, 5.41) is 9.85. The first kappa shape index (κ1) is 27.1. The topological polar surface area (TPSA) is 97.0 Å². The molecule has 2 unspecified atom stereocenters. The summed E-state index contributed by atoms with van der Waals surface area (Å²) in [7, 11) is 3.61. The Hall–Kier alpha value is -2.92. The van der Waals surface area contributed by atoms with Crippen molar-refractivity contribution in [2.24, 2.45) is 0 Å². The average molecular weight is 546 g/mol. The molecule has 0 radical (unpaired) electrons. The number of carbonyl (C=O) groups excluding carboxylic acids is 1. The smallest absolute Gasteiger partial charge is 0.256 e. The largest absolute Gasteiger partial charge is 0.493 e. The molecule has 0 spiro atoms. The fraction of sp³-hybridized carbons (Fsp3) is 0.423. The van der Waals surface area contributed by atoms with Crippen LogP contribution >= 0.6 is 23.8 Å². The molecular weight excluding hydrogens is 514 g/mol. The SMILES string of the molecule is COc1c(Cl)cccc1NC(=S)C1=C(NCc2ccncc2OC(C)C2CN(C)CCO2)CCNC1=O. The first-order chi connectivity index (χ1) is 17.9. The second-order valence-corrected chi connectivity index (χ2v) is 9.78. The number of aromatic nitrogens is 1. The molecule has 9 nitrogen and oxygen atoms in total. The lowest BCUT2D eigenvalue weighted by Gasteiger charge is -2.33. The Morgan fingerprint density at radius 3 is 3.03 bits per heavy atom. The number of carbonyl (C=O) groups is 1. The van der Waals surface area contributed by atoms with E-state index >= 15 is 0 Å².